The molecule has 130 valence electrons. The third-order valence-corrected chi connectivity index (χ3v) is 5.57. The summed E-state index contributed by atoms with van der Waals surface area (Å²) in [5, 5.41) is 14.1. The fourth-order valence-electron chi connectivity index (χ4n) is 4.43. The van der Waals surface area contributed by atoms with Gasteiger partial charge in [-0.2, -0.15) is 0 Å². The Balaban J connectivity index is 1.54. The maximum Gasteiger partial charge on any atom is 0.313 e. The Morgan fingerprint density at radius 2 is 2.21 bits per heavy atom. The SMILES string of the molecule is Cc1cccc(OCC(=O)NC(C)C2CC3CCC2C3)c1[N+](=O)[O-]. The summed E-state index contributed by atoms with van der Waals surface area (Å²) < 4.78 is 5.41. The van der Waals surface area contributed by atoms with E-state index in [1.54, 1.807) is 19.1 Å². The molecule has 4 atom stereocenters. The minimum absolute atomic E-state index is 0.0774. The molecule has 2 aliphatic carbocycles. The standard InChI is InChI=1S/C18H24N2O4/c1-11-4-3-5-16(18(11)20(22)23)24-10-17(21)19-12(2)15-9-13-6-7-14(15)8-13/h3-5,12-15H,6-10H2,1-2H3,(H,19,21). The largest absolute Gasteiger partial charge is 0.477 e. The Labute approximate surface area is 141 Å². The predicted molar refractivity (Wildman–Crippen MR) is 89.9 cm³/mol. The number of rotatable bonds is 6. The van der Waals surface area contributed by atoms with Crippen molar-refractivity contribution in [1.82, 2.24) is 5.32 Å². The lowest BCUT2D eigenvalue weighted by Crippen LogP contribution is -2.42. The molecule has 0 aromatic heterocycles. The van der Waals surface area contributed by atoms with E-state index in [1.165, 1.54) is 31.7 Å². The first kappa shape index (κ1) is 16.7. The topological polar surface area (TPSA) is 81.5 Å². The van der Waals surface area contributed by atoms with Gasteiger partial charge in [0.15, 0.2) is 12.4 Å². The second-order valence-electron chi connectivity index (χ2n) is 7.16. The molecule has 2 fully saturated rings. The lowest BCUT2D eigenvalue weighted by molar-refractivity contribution is -0.386. The molecule has 2 saturated carbocycles. The van der Waals surface area contributed by atoms with Gasteiger partial charge < -0.3 is 10.1 Å². The first-order valence-electron chi connectivity index (χ1n) is 8.62. The highest BCUT2D eigenvalue weighted by Gasteiger charge is 2.42. The number of nitrogens with one attached hydrogen (secondary N) is 1. The van der Waals surface area contributed by atoms with Crippen LogP contribution in [0.1, 0.15) is 38.2 Å². The Bertz CT molecular complexity index is 646. The third-order valence-electron chi connectivity index (χ3n) is 5.57. The highest BCUT2D eigenvalue weighted by molar-refractivity contribution is 5.78. The molecular weight excluding hydrogens is 308 g/mol. The van der Waals surface area contributed by atoms with Gasteiger partial charge in [-0.1, -0.05) is 18.6 Å². The van der Waals surface area contributed by atoms with Gasteiger partial charge in [0, 0.05) is 11.6 Å². The minimum Gasteiger partial charge on any atom is -0.477 e. The van der Waals surface area contributed by atoms with E-state index in [-0.39, 0.29) is 30.0 Å². The van der Waals surface area contributed by atoms with Gasteiger partial charge in [-0.15, -0.1) is 0 Å². The second kappa shape index (κ2) is 6.79. The molecule has 4 unspecified atom stereocenters. The van der Waals surface area contributed by atoms with Crippen LogP contribution in [0.2, 0.25) is 0 Å². The molecule has 6 nitrogen and oxygen atoms in total. The molecule has 1 N–H and O–H groups in total. The van der Waals surface area contributed by atoms with Gasteiger partial charge in [-0.25, -0.2) is 0 Å². The lowest BCUT2D eigenvalue weighted by atomic mass is 9.84. The highest BCUT2D eigenvalue weighted by atomic mass is 16.6. The number of carbonyl (C=O) groups excluding carboxylic acids is 1. The number of benzene rings is 1. The fourth-order valence-corrected chi connectivity index (χ4v) is 4.43. The van der Waals surface area contributed by atoms with Crippen LogP contribution >= 0.6 is 0 Å². The van der Waals surface area contributed by atoms with Crippen LogP contribution in [-0.4, -0.2) is 23.5 Å². The van der Waals surface area contributed by atoms with Crippen LogP contribution in [0.3, 0.4) is 0 Å². The van der Waals surface area contributed by atoms with Crippen LogP contribution in [0.5, 0.6) is 5.75 Å². The lowest BCUT2D eigenvalue weighted by Gasteiger charge is -2.28. The van der Waals surface area contributed by atoms with E-state index in [0.29, 0.717) is 11.5 Å². The van der Waals surface area contributed by atoms with Crippen molar-refractivity contribution in [3.05, 3.63) is 33.9 Å². The van der Waals surface area contributed by atoms with Crippen molar-refractivity contribution in [3.8, 4) is 5.75 Å². The summed E-state index contributed by atoms with van der Waals surface area (Å²) in [6, 6.07) is 5.00. The second-order valence-corrected chi connectivity index (χ2v) is 7.16. The molecule has 6 heteroatoms. The zero-order valence-electron chi connectivity index (χ0n) is 14.2. The van der Waals surface area contributed by atoms with Crippen molar-refractivity contribution in [2.45, 2.75) is 45.6 Å². The molecule has 0 radical (unpaired) electrons. The maximum atomic E-state index is 12.1. The molecule has 1 amide bonds. The molecule has 0 aliphatic heterocycles. The van der Waals surface area contributed by atoms with Gasteiger partial charge in [0.25, 0.3) is 5.91 Å². The number of amides is 1. The molecule has 2 bridgehead atoms. The van der Waals surface area contributed by atoms with Crippen LogP contribution in [0, 0.1) is 34.8 Å². The first-order valence-corrected chi connectivity index (χ1v) is 8.62. The van der Waals surface area contributed by atoms with Gasteiger partial charge in [0.05, 0.1) is 4.92 Å². The first-order chi connectivity index (χ1) is 11.5. The van der Waals surface area contributed by atoms with Gasteiger partial charge >= 0.3 is 5.69 Å². The third kappa shape index (κ3) is 3.37. The number of hydrogen-bond donors (Lipinski definition) is 1. The van der Waals surface area contributed by atoms with Gasteiger partial charge in [-0.05, 0) is 56.9 Å². The molecule has 1 aromatic carbocycles. The summed E-state index contributed by atoms with van der Waals surface area (Å²) in [5.41, 5.74) is 0.444. The Hall–Kier alpha value is -2.11. The van der Waals surface area contributed by atoms with E-state index >= 15 is 0 Å². The van der Waals surface area contributed by atoms with E-state index in [9.17, 15) is 14.9 Å². The summed E-state index contributed by atoms with van der Waals surface area (Å²) in [6.45, 7) is 3.51. The molecule has 0 heterocycles. The van der Waals surface area contributed by atoms with Crippen LogP contribution in [0.15, 0.2) is 18.2 Å². The number of hydrogen-bond acceptors (Lipinski definition) is 4. The van der Waals surface area contributed by atoms with Gasteiger partial charge in [0.1, 0.15) is 0 Å². The summed E-state index contributed by atoms with van der Waals surface area (Å²) in [5.74, 6) is 2.06. The summed E-state index contributed by atoms with van der Waals surface area (Å²) in [6.07, 6.45) is 5.12. The number of nitro benzene ring substituents is 1. The molecule has 24 heavy (non-hydrogen) atoms. The number of aryl methyl sites for hydroxylation is 1. The van der Waals surface area contributed by atoms with E-state index in [0.717, 1.165) is 11.8 Å². The number of carbonyl (C=O) groups is 1. The Morgan fingerprint density at radius 3 is 2.83 bits per heavy atom. The van der Waals surface area contributed by atoms with Crippen molar-refractivity contribution in [2.75, 3.05) is 6.61 Å². The average Bonchev–Trinajstić information content (AvgIpc) is 3.15. The van der Waals surface area contributed by atoms with Crippen LogP contribution in [-0.2, 0) is 4.79 Å². The molecule has 0 spiro atoms. The number of ether oxygens (including phenoxy) is 1. The monoisotopic (exact) mass is 332 g/mol. The van der Waals surface area contributed by atoms with Crippen LogP contribution in [0.25, 0.3) is 0 Å². The highest BCUT2D eigenvalue weighted by Crippen LogP contribution is 2.49. The van der Waals surface area contributed by atoms with E-state index in [1.807, 2.05) is 0 Å². The van der Waals surface area contributed by atoms with E-state index in [2.05, 4.69) is 12.2 Å². The zero-order chi connectivity index (χ0) is 17.3. The predicted octanol–water partition coefficient (Wildman–Crippen LogP) is 3.22. The number of nitrogens with zero attached hydrogens (tertiary/aromatic N) is 1. The van der Waals surface area contributed by atoms with Crippen molar-refractivity contribution in [3.63, 3.8) is 0 Å². The quantitative estimate of drug-likeness (QED) is 0.640. The van der Waals surface area contributed by atoms with Crippen LogP contribution < -0.4 is 10.1 Å². The van der Waals surface area contributed by atoms with Crippen molar-refractivity contribution in [1.29, 1.82) is 0 Å². The molecular formula is C18H24N2O4. The number of para-hydroxylation sites is 1. The number of nitro groups is 1. The smallest absolute Gasteiger partial charge is 0.313 e. The molecule has 1 aromatic rings. The molecule has 0 saturated heterocycles. The maximum absolute atomic E-state index is 12.1. The normalized spacial score (nSPS) is 26.2. The Morgan fingerprint density at radius 1 is 1.42 bits per heavy atom. The number of fused-ring (bicyclic) bond motifs is 2. The van der Waals surface area contributed by atoms with Crippen molar-refractivity contribution < 1.29 is 14.5 Å². The average molecular weight is 332 g/mol. The zero-order valence-corrected chi connectivity index (χ0v) is 14.2. The summed E-state index contributed by atoms with van der Waals surface area (Å²) in [4.78, 5) is 22.8. The Kier molecular flexibility index (Phi) is 4.73. The van der Waals surface area contributed by atoms with E-state index < -0.39 is 4.92 Å². The van der Waals surface area contributed by atoms with Crippen molar-refractivity contribution >= 4 is 11.6 Å². The molecule has 3 rings (SSSR count). The van der Waals surface area contributed by atoms with Gasteiger partial charge in [0.2, 0.25) is 0 Å². The van der Waals surface area contributed by atoms with Gasteiger partial charge in [-0.3, -0.25) is 14.9 Å². The summed E-state index contributed by atoms with van der Waals surface area (Å²) in [7, 11) is 0. The van der Waals surface area contributed by atoms with E-state index in [4.69, 9.17) is 4.74 Å². The summed E-state index contributed by atoms with van der Waals surface area (Å²) >= 11 is 0. The van der Waals surface area contributed by atoms with Crippen LogP contribution in [0.4, 0.5) is 5.69 Å². The fraction of sp³-hybridized carbons (Fsp3) is 0.611. The minimum atomic E-state index is -0.472. The van der Waals surface area contributed by atoms with Crippen molar-refractivity contribution in [2.24, 2.45) is 17.8 Å². The molecule has 2 aliphatic rings.